The number of pyridine rings is 1. The Morgan fingerprint density at radius 2 is 1.93 bits per heavy atom. The maximum absolute atomic E-state index is 12.2. The van der Waals surface area contributed by atoms with E-state index in [0.29, 0.717) is 28.2 Å². The number of esters is 1. The molecule has 4 rings (SSSR count). The smallest absolute Gasteiger partial charge is 0.357 e. The normalized spacial score (nSPS) is 11.1. The Hall–Kier alpha value is -3.68. The summed E-state index contributed by atoms with van der Waals surface area (Å²) < 4.78 is 13.4. The Bertz CT molecular complexity index is 1210. The van der Waals surface area contributed by atoms with Crippen LogP contribution in [0.3, 0.4) is 0 Å². The van der Waals surface area contributed by atoms with Crippen molar-refractivity contribution < 1.29 is 13.9 Å². The SMILES string of the molecule is COC(=O)c1nccc2oc(-c3ccc(-n4c(C)nn(C)c4=O)cc3)cc12. The van der Waals surface area contributed by atoms with Crippen molar-refractivity contribution in [3.05, 3.63) is 64.6 Å². The quantitative estimate of drug-likeness (QED) is 0.519. The highest BCUT2D eigenvalue weighted by Gasteiger charge is 2.17. The van der Waals surface area contributed by atoms with E-state index in [4.69, 9.17) is 9.15 Å². The van der Waals surface area contributed by atoms with Gasteiger partial charge in [0.15, 0.2) is 5.69 Å². The summed E-state index contributed by atoms with van der Waals surface area (Å²) in [6, 6.07) is 10.8. The van der Waals surface area contributed by atoms with Gasteiger partial charge in [-0.1, -0.05) is 0 Å². The van der Waals surface area contributed by atoms with Crippen LogP contribution in [-0.2, 0) is 11.8 Å². The molecule has 3 heterocycles. The van der Waals surface area contributed by atoms with Crippen molar-refractivity contribution in [1.82, 2.24) is 19.3 Å². The monoisotopic (exact) mass is 364 g/mol. The van der Waals surface area contributed by atoms with Gasteiger partial charge in [0.1, 0.15) is 17.2 Å². The molecule has 27 heavy (non-hydrogen) atoms. The van der Waals surface area contributed by atoms with Gasteiger partial charge in [-0.2, -0.15) is 5.10 Å². The van der Waals surface area contributed by atoms with Crippen LogP contribution < -0.4 is 5.69 Å². The summed E-state index contributed by atoms with van der Waals surface area (Å²) in [5.41, 5.74) is 2.06. The second-order valence-corrected chi connectivity index (χ2v) is 6.01. The molecule has 4 aromatic rings. The molecule has 0 aliphatic carbocycles. The van der Waals surface area contributed by atoms with Crippen LogP contribution in [0.15, 0.2) is 51.8 Å². The Labute approximate surface area is 153 Å². The van der Waals surface area contributed by atoms with Crippen LogP contribution in [0.25, 0.3) is 28.0 Å². The number of benzene rings is 1. The summed E-state index contributed by atoms with van der Waals surface area (Å²) in [6.07, 6.45) is 1.50. The van der Waals surface area contributed by atoms with E-state index in [1.54, 1.807) is 26.1 Å². The highest BCUT2D eigenvalue weighted by Crippen LogP contribution is 2.29. The number of aryl methyl sites for hydroxylation is 2. The Morgan fingerprint density at radius 1 is 1.19 bits per heavy atom. The van der Waals surface area contributed by atoms with Gasteiger partial charge in [0.2, 0.25) is 0 Å². The minimum absolute atomic E-state index is 0.208. The summed E-state index contributed by atoms with van der Waals surface area (Å²) in [4.78, 5) is 28.1. The lowest BCUT2D eigenvalue weighted by Crippen LogP contribution is -2.21. The summed E-state index contributed by atoms with van der Waals surface area (Å²) >= 11 is 0. The average molecular weight is 364 g/mol. The van der Waals surface area contributed by atoms with Crippen LogP contribution in [0.2, 0.25) is 0 Å². The number of rotatable bonds is 3. The molecule has 0 atom stereocenters. The number of methoxy groups -OCH3 is 1. The minimum atomic E-state index is -0.519. The van der Waals surface area contributed by atoms with Gasteiger partial charge in [-0.05, 0) is 43.3 Å². The fourth-order valence-corrected chi connectivity index (χ4v) is 3.02. The van der Waals surface area contributed by atoms with Crippen LogP contribution in [0.5, 0.6) is 0 Å². The first-order valence-electron chi connectivity index (χ1n) is 8.20. The van der Waals surface area contributed by atoms with Gasteiger partial charge >= 0.3 is 11.7 Å². The molecule has 8 heteroatoms. The average Bonchev–Trinajstić information content (AvgIpc) is 3.22. The molecule has 8 nitrogen and oxygen atoms in total. The maximum Gasteiger partial charge on any atom is 0.357 e. The van der Waals surface area contributed by atoms with Crippen LogP contribution in [-0.4, -0.2) is 32.4 Å². The third-order valence-corrected chi connectivity index (χ3v) is 4.32. The third-order valence-electron chi connectivity index (χ3n) is 4.32. The topological polar surface area (TPSA) is 92.2 Å². The van der Waals surface area contributed by atoms with E-state index in [-0.39, 0.29) is 11.4 Å². The predicted molar refractivity (Wildman–Crippen MR) is 97.9 cm³/mol. The van der Waals surface area contributed by atoms with Crippen LogP contribution in [0, 0.1) is 6.92 Å². The molecular formula is C19H16N4O4. The molecule has 0 saturated heterocycles. The molecule has 0 saturated carbocycles. The van der Waals surface area contributed by atoms with Gasteiger partial charge in [0.25, 0.3) is 0 Å². The standard InChI is InChI=1S/C19H16N4O4/c1-11-21-22(2)19(25)23(11)13-6-4-12(5-7-13)16-10-14-15(27-16)8-9-20-17(14)18(24)26-3/h4-10H,1-3H3. The number of aromatic nitrogens is 4. The summed E-state index contributed by atoms with van der Waals surface area (Å²) in [5, 5.41) is 4.71. The minimum Gasteiger partial charge on any atom is -0.464 e. The third kappa shape index (κ3) is 2.71. The molecule has 0 N–H and O–H groups in total. The van der Waals surface area contributed by atoms with Gasteiger partial charge in [-0.25, -0.2) is 23.8 Å². The molecule has 0 amide bonds. The largest absolute Gasteiger partial charge is 0.464 e. The first-order chi connectivity index (χ1) is 13.0. The van der Waals surface area contributed by atoms with Gasteiger partial charge in [-0.3, -0.25) is 0 Å². The van der Waals surface area contributed by atoms with Crippen molar-refractivity contribution in [1.29, 1.82) is 0 Å². The fourth-order valence-electron chi connectivity index (χ4n) is 3.02. The summed E-state index contributed by atoms with van der Waals surface area (Å²) in [6.45, 7) is 1.77. The molecule has 0 aliphatic heterocycles. The zero-order valence-electron chi connectivity index (χ0n) is 15.0. The summed E-state index contributed by atoms with van der Waals surface area (Å²) in [5.74, 6) is 0.674. The zero-order valence-corrected chi connectivity index (χ0v) is 15.0. The first-order valence-corrected chi connectivity index (χ1v) is 8.20. The van der Waals surface area contributed by atoms with E-state index in [0.717, 1.165) is 5.56 Å². The first kappa shape index (κ1) is 16.8. The van der Waals surface area contributed by atoms with Crippen molar-refractivity contribution in [2.75, 3.05) is 7.11 Å². The second-order valence-electron chi connectivity index (χ2n) is 6.01. The van der Waals surface area contributed by atoms with E-state index >= 15 is 0 Å². The lowest BCUT2D eigenvalue weighted by atomic mass is 10.1. The molecule has 0 radical (unpaired) electrons. The number of fused-ring (bicyclic) bond motifs is 1. The van der Waals surface area contributed by atoms with Crippen LogP contribution in [0.1, 0.15) is 16.3 Å². The number of hydrogen-bond acceptors (Lipinski definition) is 6. The van der Waals surface area contributed by atoms with Crippen LogP contribution >= 0.6 is 0 Å². The molecule has 0 spiro atoms. The molecule has 0 aliphatic rings. The second kappa shape index (κ2) is 6.24. The van der Waals surface area contributed by atoms with Crippen molar-refractivity contribution in [2.24, 2.45) is 7.05 Å². The van der Waals surface area contributed by atoms with Gasteiger partial charge in [0.05, 0.1) is 18.2 Å². The van der Waals surface area contributed by atoms with Crippen molar-refractivity contribution in [2.45, 2.75) is 6.92 Å². The van der Waals surface area contributed by atoms with E-state index in [1.165, 1.54) is 22.6 Å². The van der Waals surface area contributed by atoms with Crippen LogP contribution in [0.4, 0.5) is 0 Å². The van der Waals surface area contributed by atoms with Crippen molar-refractivity contribution in [3.63, 3.8) is 0 Å². The highest BCUT2D eigenvalue weighted by molar-refractivity contribution is 6.02. The predicted octanol–water partition coefficient (Wildman–Crippen LogP) is 2.47. The van der Waals surface area contributed by atoms with Gasteiger partial charge in [-0.15, -0.1) is 0 Å². The molecule has 1 aromatic carbocycles. The number of furan rings is 1. The molecule has 136 valence electrons. The van der Waals surface area contributed by atoms with E-state index in [2.05, 4.69) is 10.1 Å². The fraction of sp³-hybridized carbons (Fsp3) is 0.158. The Morgan fingerprint density at radius 3 is 2.56 bits per heavy atom. The number of carbonyl (C=O) groups excluding carboxylic acids is 1. The zero-order chi connectivity index (χ0) is 19.1. The van der Waals surface area contributed by atoms with Gasteiger partial charge in [0, 0.05) is 18.8 Å². The summed E-state index contributed by atoms with van der Waals surface area (Å²) in [7, 11) is 2.92. The number of nitrogens with zero attached hydrogens (tertiary/aromatic N) is 4. The van der Waals surface area contributed by atoms with E-state index in [1.807, 2.05) is 24.3 Å². The molecule has 3 aromatic heterocycles. The Kier molecular flexibility index (Phi) is 3.88. The lowest BCUT2D eigenvalue weighted by molar-refractivity contribution is 0.0596. The number of carbonyl (C=O) groups is 1. The molecule has 0 fully saturated rings. The lowest BCUT2D eigenvalue weighted by Gasteiger charge is -2.03. The highest BCUT2D eigenvalue weighted by atomic mass is 16.5. The van der Waals surface area contributed by atoms with Crippen molar-refractivity contribution >= 4 is 16.9 Å². The van der Waals surface area contributed by atoms with E-state index in [9.17, 15) is 9.59 Å². The Balaban J connectivity index is 1.76. The number of ether oxygens (including phenoxy) is 1. The van der Waals surface area contributed by atoms with Crippen molar-refractivity contribution in [3.8, 4) is 17.0 Å². The molecular weight excluding hydrogens is 348 g/mol. The van der Waals surface area contributed by atoms with Gasteiger partial charge < -0.3 is 9.15 Å². The molecule has 0 unspecified atom stereocenters. The maximum atomic E-state index is 12.2. The molecule has 0 bridgehead atoms. The van der Waals surface area contributed by atoms with E-state index < -0.39 is 5.97 Å². The number of hydrogen-bond donors (Lipinski definition) is 0.